The van der Waals surface area contributed by atoms with Gasteiger partial charge in [-0.1, -0.05) is 6.04 Å². The first-order valence-electron chi connectivity index (χ1n) is 4.08. The zero-order chi connectivity index (χ0) is 9.46. The molecular formula is C6H8N2. The third-order valence-electron chi connectivity index (χ3n) is 0.664. The van der Waals surface area contributed by atoms with Crippen molar-refractivity contribution in [1.82, 2.24) is 0 Å². The van der Waals surface area contributed by atoms with Gasteiger partial charge in [0, 0.05) is 11.4 Å². The van der Waals surface area contributed by atoms with Gasteiger partial charge in [0.25, 0.3) is 0 Å². The second-order valence-corrected chi connectivity index (χ2v) is 1.33. The molecule has 0 radical (unpaired) electrons. The molecule has 0 aromatic heterocycles. The topological polar surface area (TPSA) is 52.0 Å². The summed E-state index contributed by atoms with van der Waals surface area (Å²) < 4.78 is 28.9. The number of rotatable bonds is 0. The third kappa shape index (κ3) is 0.904. The highest BCUT2D eigenvalue weighted by atomic mass is 14.6. The van der Waals surface area contributed by atoms with E-state index in [0.29, 0.717) is 0 Å². The number of anilines is 2. The van der Waals surface area contributed by atoms with Gasteiger partial charge in [-0.15, -0.1) is 0 Å². The smallest absolute Gasteiger partial charge is 0.0666 e. The van der Waals surface area contributed by atoms with Crippen molar-refractivity contribution in [2.45, 2.75) is 0 Å². The first-order valence-corrected chi connectivity index (χ1v) is 2.08. The van der Waals surface area contributed by atoms with Crippen LogP contribution < -0.4 is 11.5 Å². The van der Waals surface area contributed by atoms with Gasteiger partial charge in [0.2, 0.25) is 0 Å². The number of nitrogens with two attached hydrogens (primary N) is 2. The minimum atomic E-state index is -0.332. The zero-order valence-electron chi connectivity index (χ0n) is 8.15. The number of hydrogen-bond donors (Lipinski definition) is 2. The second-order valence-electron chi connectivity index (χ2n) is 1.33. The molecule has 0 atom stereocenters. The van der Waals surface area contributed by atoms with Gasteiger partial charge in [-0.2, -0.15) is 0 Å². The van der Waals surface area contributed by atoms with Crippen LogP contribution in [0.2, 0.25) is 0 Å². The van der Waals surface area contributed by atoms with Crippen LogP contribution >= 0.6 is 0 Å². The number of benzene rings is 1. The monoisotopic (exact) mass is 112 g/mol. The quantitative estimate of drug-likeness (QED) is 0.489. The summed E-state index contributed by atoms with van der Waals surface area (Å²) in [6.07, 6.45) is 0. The highest BCUT2D eigenvalue weighted by molar-refractivity contribution is 5.50. The lowest BCUT2D eigenvalue weighted by atomic mass is 10.3. The molecule has 0 aliphatic heterocycles. The molecule has 0 bridgehead atoms. The maximum atomic E-state index is 7.25. The molecule has 0 aliphatic carbocycles. The lowest BCUT2D eigenvalue weighted by molar-refractivity contribution is 1.67. The molecular weight excluding hydrogens is 100 g/mol. The predicted octanol–water partition coefficient (Wildman–Crippen LogP) is 0.851. The largest absolute Gasteiger partial charge is 0.399 e. The Morgan fingerprint density at radius 1 is 1.25 bits per heavy atom. The molecule has 2 heteroatoms. The van der Waals surface area contributed by atoms with E-state index in [1.807, 2.05) is 0 Å². The molecule has 1 aromatic carbocycles. The fraction of sp³-hybridized carbons (Fsp3) is 0. The van der Waals surface area contributed by atoms with E-state index in [2.05, 4.69) is 0 Å². The summed E-state index contributed by atoms with van der Waals surface area (Å²) in [6.45, 7) is 0. The van der Waals surface area contributed by atoms with Gasteiger partial charge in [0.15, 0.2) is 0 Å². The van der Waals surface area contributed by atoms with Crippen LogP contribution in [0.5, 0.6) is 0 Å². The standard InChI is InChI=1S/C6H8N2/c7-5-2-1-3-6(8)4-5/h1-4H,7-8H2/i1D,2D,3D,4D. The minimum absolute atomic E-state index is 0.145. The summed E-state index contributed by atoms with van der Waals surface area (Å²) in [5.74, 6) is 0. The molecule has 0 saturated carbocycles. The zero-order valence-corrected chi connectivity index (χ0v) is 4.15. The molecule has 0 saturated heterocycles. The van der Waals surface area contributed by atoms with Gasteiger partial charge in [-0.3, -0.25) is 0 Å². The van der Waals surface area contributed by atoms with E-state index >= 15 is 0 Å². The fourth-order valence-electron chi connectivity index (χ4n) is 0.374. The Hall–Kier alpha value is -1.18. The number of hydrogen-bond acceptors (Lipinski definition) is 2. The lowest BCUT2D eigenvalue weighted by Gasteiger charge is -1.91. The van der Waals surface area contributed by atoms with Crippen LogP contribution in [0.25, 0.3) is 0 Å². The van der Waals surface area contributed by atoms with Gasteiger partial charge in [0.1, 0.15) is 0 Å². The van der Waals surface area contributed by atoms with Crippen LogP contribution in [-0.2, 0) is 0 Å². The molecule has 0 spiro atoms. The van der Waals surface area contributed by atoms with Crippen LogP contribution in [0.15, 0.2) is 24.2 Å². The lowest BCUT2D eigenvalue weighted by Crippen LogP contribution is -1.87. The highest BCUT2D eigenvalue weighted by Crippen LogP contribution is 2.06. The molecule has 1 aromatic rings. The summed E-state index contributed by atoms with van der Waals surface area (Å²) in [5, 5.41) is 0. The van der Waals surface area contributed by atoms with E-state index in [0.717, 1.165) is 0 Å². The third-order valence-corrected chi connectivity index (χ3v) is 0.664. The van der Waals surface area contributed by atoms with E-state index in [-0.39, 0.29) is 35.5 Å². The molecule has 4 N–H and O–H groups in total. The Bertz CT molecular complexity index is 232. The number of nitrogen functional groups attached to an aromatic ring is 2. The molecule has 0 fully saturated rings. The van der Waals surface area contributed by atoms with E-state index in [9.17, 15) is 0 Å². The van der Waals surface area contributed by atoms with Crippen LogP contribution in [0.1, 0.15) is 5.48 Å². The Balaban J connectivity index is 3.60. The minimum Gasteiger partial charge on any atom is -0.399 e. The van der Waals surface area contributed by atoms with E-state index in [1.54, 1.807) is 0 Å². The maximum Gasteiger partial charge on any atom is 0.0666 e. The van der Waals surface area contributed by atoms with Crippen molar-refractivity contribution in [3.05, 3.63) is 24.2 Å². The first-order chi connectivity index (χ1) is 5.46. The second kappa shape index (κ2) is 1.74. The van der Waals surface area contributed by atoms with E-state index < -0.39 is 0 Å². The Labute approximate surface area is 53.7 Å². The van der Waals surface area contributed by atoms with Crippen molar-refractivity contribution in [2.75, 3.05) is 11.5 Å². The molecule has 2 nitrogen and oxygen atoms in total. The molecule has 1 rings (SSSR count). The normalized spacial score (nSPS) is 16.0. The molecule has 0 unspecified atom stereocenters. The molecule has 0 aliphatic rings. The van der Waals surface area contributed by atoms with Gasteiger partial charge in [-0.25, -0.2) is 0 Å². The van der Waals surface area contributed by atoms with Crippen molar-refractivity contribution in [3.63, 3.8) is 0 Å². The molecule has 42 valence electrons. The first kappa shape index (κ1) is 1.97. The molecule has 0 heterocycles. The van der Waals surface area contributed by atoms with Crippen LogP contribution in [0, 0.1) is 0 Å². The van der Waals surface area contributed by atoms with Crippen molar-refractivity contribution in [1.29, 1.82) is 0 Å². The Kier molecular flexibility index (Phi) is 0.429. The van der Waals surface area contributed by atoms with Gasteiger partial charge in [-0.05, 0) is 18.1 Å². The summed E-state index contributed by atoms with van der Waals surface area (Å²) >= 11 is 0. The van der Waals surface area contributed by atoms with Crippen LogP contribution in [0.3, 0.4) is 0 Å². The predicted molar refractivity (Wildman–Crippen MR) is 35.3 cm³/mol. The van der Waals surface area contributed by atoms with E-state index in [1.165, 1.54) is 0 Å². The summed E-state index contributed by atoms with van der Waals surface area (Å²) in [4.78, 5) is 0. The van der Waals surface area contributed by atoms with Crippen LogP contribution in [-0.4, -0.2) is 0 Å². The summed E-state index contributed by atoms with van der Waals surface area (Å²) in [6, 6.07) is -1.18. The van der Waals surface area contributed by atoms with Gasteiger partial charge < -0.3 is 11.5 Å². The molecule has 8 heavy (non-hydrogen) atoms. The van der Waals surface area contributed by atoms with Crippen molar-refractivity contribution in [3.8, 4) is 0 Å². The van der Waals surface area contributed by atoms with Crippen molar-refractivity contribution in [2.24, 2.45) is 0 Å². The SMILES string of the molecule is [2H]c1c([2H])c(N)c([2H])c(N)c1[2H]. The average Bonchev–Trinajstić information content (AvgIpc) is 2.08. The van der Waals surface area contributed by atoms with Crippen molar-refractivity contribution < 1.29 is 5.48 Å². The average molecular weight is 112 g/mol. The van der Waals surface area contributed by atoms with Gasteiger partial charge >= 0.3 is 0 Å². The molecule has 0 amide bonds. The highest BCUT2D eigenvalue weighted by Gasteiger charge is 1.81. The summed E-state index contributed by atoms with van der Waals surface area (Å²) in [5.41, 5.74) is 10.3. The van der Waals surface area contributed by atoms with E-state index in [4.69, 9.17) is 17.0 Å². The summed E-state index contributed by atoms with van der Waals surface area (Å²) in [7, 11) is 0. The van der Waals surface area contributed by atoms with Crippen LogP contribution in [0.4, 0.5) is 11.4 Å². The Morgan fingerprint density at radius 2 is 1.75 bits per heavy atom. The fourth-order valence-corrected chi connectivity index (χ4v) is 0.374. The Morgan fingerprint density at radius 3 is 2.25 bits per heavy atom. The van der Waals surface area contributed by atoms with Gasteiger partial charge in [0.05, 0.1) is 5.48 Å². The van der Waals surface area contributed by atoms with Crippen molar-refractivity contribution >= 4 is 11.4 Å². The maximum absolute atomic E-state index is 7.25.